The number of rotatable bonds is 11. The van der Waals surface area contributed by atoms with Gasteiger partial charge in [0.1, 0.15) is 0 Å². The van der Waals surface area contributed by atoms with Crippen LogP contribution in [0.5, 0.6) is 11.5 Å². The number of piperazine rings is 1. The Kier molecular flexibility index (Phi) is 9.80. The van der Waals surface area contributed by atoms with Gasteiger partial charge in [-0.25, -0.2) is 0 Å². The van der Waals surface area contributed by atoms with Gasteiger partial charge >= 0.3 is 0 Å². The van der Waals surface area contributed by atoms with Gasteiger partial charge in [-0.3, -0.25) is 9.69 Å². The van der Waals surface area contributed by atoms with E-state index in [1.54, 1.807) is 0 Å². The van der Waals surface area contributed by atoms with Gasteiger partial charge in [-0.15, -0.1) is 0 Å². The molecule has 0 spiro atoms. The molecule has 1 fully saturated rings. The van der Waals surface area contributed by atoms with Crippen molar-refractivity contribution in [2.45, 2.75) is 20.4 Å². The number of ether oxygens (including phenoxy) is 2. The summed E-state index contributed by atoms with van der Waals surface area (Å²) in [7, 11) is 0. The molecule has 2 aromatic carbocycles. The number of nitrogens with one attached hydrogen (secondary N) is 3. The minimum Gasteiger partial charge on any atom is -0.490 e. The third-order valence-electron chi connectivity index (χ3n) is 5.20. The van der Waals surface area contributed by atoms with Gasteiger partial charge in [-0.1, -0.05) is 17.7 Å². The second-order valence-corrected chi connectivity index (χ2v) is 8.66. The first kappa shape index (κ1) is 24.5. The normalized spacial score (nSPS) is 14.2. The van der Waals surface area contributed by atoms with Crippen molar-refractivity contribution in [1.82, 2.24) is 15.5 Å². The summed E-state index contributed by atoms with van der Waals surface area (Å²) in [6.45, 7) is 11.4. The molecule has 0 saturated carbocycles. The molecule has 0 unspecified atom stereocenters. The van der Waals surface area contributed by atoms with E-state index in [0.29, 0.717) is 18.1 Å². The smallest absolute Gasteiger partial charge is 0.262 e. The largest absolute Gasteiger partial charge is 0.490 e. The number of anilines is 1. The first-order chi connectivity index (χ1) is 15.5. The van der Waals surface area contributed by atoms with E-state index < -0.39 is 0 Å². The van der Waals surface area contributed by atoms with Crippen LogP contribution in [0.25, 0.3) is 0 Å². The fourth-order valence-corrected chi connectivity index (χ4v) is 4.11. The molecule has 1 amide bonds. The van der Waals surface area contributed by atoms with Gasteiger partial charge in [0.2, 0.25) is 0 Å². The fourth-order valence-electron chi connectivity index (χ4n) is 3.50. The molecule has 3 N–H and O–H groups in total. The van der Waals surface area contributed by atoms with Crippen molar-refractivity contribution in [1.29, 1.82) is 0 Å². The molecule has 2 aromatic rings. The number of aryl methyl sites for hydroxylation is 1. The minimum atomic E-state index is -0.221. The lowest BCUT2D eigenvalue weighted by atomic mass is 10.2. The van der Waals surface area contributed by atoms with Crippen LogP contribution in [-0.4, -0.2) is 63.3 Å². The van der Waals surface area contributed by atoms with Crippen LogP contribution in [0.15, 0.2) is 40.9 Å². The van der Waals surface area contributed by atoms with Gasteiger partial charge in [0, 0.05) is 51.5 Å². The van der Waals surface area contributed by atoms with E-state index in [2.05, 4.69) is 36.8 Å². The molecule has 1 aliphatic rings. The van der Waals surface area contributed by atoms with E-state index >= 15 is 0 Å². The van der Waals surface area contributed by atoms with Crippen LogP contribution in [0.4, 0.5) is 5.69 Å². The van der Waals surface area contributed by atoms with E-state index in [9.17, 15) is 4.79 Å². The number of halogens is 1. The number of hydrogen-bond donors (Lipinski definition) is 3. The van der Waals surface area contributed by atoms with Crippen molar-refractivity contribution < 1.29 is 14.3 Å². The Balaban J connectivity index is 1.53. The molecule has 0 aliphatic carbocycles. The van der Waals surface area contributed by atoms with E-state index in [1.165, 1.54) is 0 Å². The molecular formula is C24H33BrN4O3. The van der Waals surface area contributed by atoms with Gasteiger partial charge < -0.3 is 25.4 Å². The summed E-state index contributed by atoms with van der Waals surface area (Å²) in [5, 5.41) is 9.72. The predicted molar refractivity (Wildman–Crippen MR) is 132 cm³/mol. The van der Waals surface area contributed by atoms with Crippen molar-refractivity contribution in [2.75, 3.05) is 57.8 Å². The van der Waals surface area contributed by atoms with Crippen LogP contribution in [0.1, 0.15) is 18.1 Å². The molecule has 0 aromatic heterocycles. The second-order valence-electron chi connectivity index (χ2n) is 7.81. The third kappa shape index (κ3) is 7.78. The molecule has 0 bridgehead atoms. The topological polar surface area (TPSA) is 74.9 Å². The molecule has 7 nitrogen and oxygen atoms in total. The van der Waals surface area contributed by atoms with Crippen LogP contribution in [0.2, 0.25) is 0 Å². The monoisotopic (exact) mass is 504 g/mol. The molecule has 1 heterocycles. The Hall–Kier alpha value is -2.13. The fraction of sp³-hybridized carbons (Fsp3) is 0.458. The lowest BCUT2D eigenvalue weighted by Gasteiger charge is -2.27. The van der Waals surface area contributed by atoms with Crippen molar-refractivity contribution in [3.05, 3.63) is 52.0 Å². The summed E-state index contributed by atoms with van der Waals surface area (Å²) < 4.78 is 12.4. The summed E-state index contributed by atoms with van der Waals surface area (Å²) in [6.07, 6.45) is 0. The molecule has 0 atom stereocenters. The maximum Gasteiger partial charge on any atom is 0.262 e. The average molecular weight is 505 g/mol. The minimum absolute atomic E-state index is 0.102. The molecule has 8 heteroatoms. The zero-order valence-corrected chi connectivity index (χ0v) is 20.5. The molecule has 3 rings (SSSR count). The van der Waals surface area contributed by atoms with Gasteiger partial charge in [0.15, 0.2) is 18.1 Å². The summed E-state index contributed by atoms with van der Waals surface area (Å²) in [4.78, 5) is 14.8. The first-order valence-corrected chi connectivity index (χ1v) is 11.9. The van der Waals surface area contributed by atoms with E-state index in [1.807, 2.05) is 50.2 Å². The lowest BCUT2D eigenvalue weighted by molar-refractivity contribution is -0.118. The summed E-state index contributed by atoms with van der Waals surface area (Å²) >= 11 is 3.58. The van der Waals surface area contributed by atoms with Gasteiger partial charge in [0.25, 0.3) is 5.91 Å². The Labute approximate surface area is 199 Å². The molecule has 174 valence electrons. The molecular weight excluding hydrogens is 472 g/mol. The molecule has 1 saturated heterocycles. The van der Waals surface area contributed by atoms with Crippen molar-refractivity contribution in [3.63, 3.8) is 0 Å². The third-order valence-corrected chi connectivity index (χ3v) is 5.78. The molecule has 1 aliphatic heterocycles. The van der Waals surface area contributed by atoms with E-state index in [0.717, 1.165) is 67.1 Å². The van der Waals surface area contributed by atoms with Crippen molar-refractivity contribution in [3.8, 4) is 11.5 Å². The maximum absolute atomic E-state index is 12.3. The van der Waals surface area contributed by atoms with Crippen molar-refractivity contribution >= 4 is 27.5 Å². The Morgan fingerprint density at radius 3 is 2.62 bits per heavy atom. The number of carbonyl (C=O) groups excluding carboxylic acids is 1. The maximum atomic E-state index is 12.3. The highest BCUT2D eigenvalue weighted by Gasteiger charge is 2.15. The van der Waals surface area contributed by atoms with Crippen molar-refractivity contribution in [2.24, 2.45) is 0 Å². The second kappa shape index (κ2) is 12.8. The zero-order valence-electron chi connectivity index (χ0n) is 18.9. The van der Waals surface area contributed by atoms with Crippen LogP contribution in [-0.2, 0) is 11.3 Å². The lowest BCUT2D eigenvalue weighted by Crippen LogP contribution is -2.45. The van der Waals surface area contributed by atoms with Crippen LogP contribution in [0.3, 0.4) is 0 Å². The highest BCUT2D eigenvalue weighted by Crippen LogP contribution is 2.37. The predicted octanol–water partition coefficient (Wildman–Crippen LogP) is 3.17. The standard InChI is InChI=1S/C24H33BrN4O3/c1-3-31-22-15-19(16-27-10-13-29-11-8-26-9-12-29)14-21(25)24(22)32-17-23(30)28-20-6-4-18(2)5-7-20/h4-7,14-15,26-27H,3,8-13,16-17H2,1-2H3,(H,28,30). The quantitative estimate of drug-likeness (QED) is 0.408. The zero-order chi connectivity index (χ0) is 22.8. The Morgan fingerprint density at radius 1 is 1.16 bits per heavy atom. The van der Waals surface area contributed by atoms with E-state index in [4.69, 9.17) is 9.47 Å². The summed E-state index contributed by atoms with van der Waals surface area (Å²) in [5.41, 5.74) is 2.98. The summed E-state index contributed by atoms with van der Waals surface area (Å²) in [5.74, 6) is 0.946. The highest BCUT2D eigenvalue weighted by molar-refractivity contribution is 9.10. The number of amides is 1. The average Bonchev–Trinajstić information content (AvgIpc) is 2.79. The number of benzene rings is 2. The SMILES string of the molecule is CCOc1cc(CNCCN2CCNCC2)cc(Br)c1OCC(=O)Nc1ccc(C)cc1. The molecule has 0 radical (unpaired) electrons. The van der Waals surface area contributed by atoms with Gasteiger partial charge in [-0.2, -0.15) is 0 Å². The summed E-state index contributed by atoms with van der Waals surface area (Å²) in [6, 6.07) is 11.6. The first-order valence-electron chi connectivity index (χ1n) is 11.1. The highest BCUT2D eigenvalue weighted by atomic mass is 79.9. The van der Waals surface area contributed by atoms with Gasteiger partial charge in [-0.05, 0) is 59.6 Å². The van der Waals surface area contributed by atoms with Crippen LogP contribution >= 0.6 is 15.9 Å². The van der Waals surface area contributed by atoms with E-state index in [-0.39, 0.29) is 12.5 Å². The van der Waals surface area contributed by atoms with Crippen LogP contribution < -0.4 is 25.4 Å². The number of hydrogen-bond acceptors (Lipinski definition) is 6. The number of carbonyl (C=O) groups is 1. The molecule has 32 heavy (non-hydrogen) atoms. The number of nitrogens with zero attached hydrogens (tertiary/aromatic N) is 1. The Morgan fingerprint density at radius 2 is 1.91 bits per heavy atom. The van der Waals surface area contributed by atoms with Crippen LogP contribution in [0, 0.1) is 6.92 Å². The van der Waals surface area contributed by atoms with Gasteiger partial charge in [0.05, 0.1) is 11.1 Å². The Bertz CT molecular complexity index is 870.